The van der Waals surface area contributed by atoms with Crippen LogP contribution in [0, 0.1) is 5.82 Å². The molecule has 11 heteroatoms. The summed E-state index contributed by atoms with van der Waals surface area (Å²) < 4.78 is 19.8. The summed E-state index contributed by atoms with van der Waals surface area (Å²) in [7, 11) is 0. The maximum Gasteiger partial charge on any atom is 0.301 e. The summed E-state index contributed by atoms with van der Waals surface area (Å²) in [4.78, 5) is 27.8. The van der Waals surface area contributed by atoms with Gasteiger partial charge in [0, 0.05) is 16.3 Å². The number of rotatable bonds is 8. The fraction of sp³-hybridized carbons (Fsp3) is 0.143. The molecule has 1 aromatic heterocycles. The van der Waals surface area contributed by atoms with Crippen molar-refractivity contribution in [2.24, 2.45) is 0 Å². The molecule has 0 radical (unpaired) electrons. The highest BCUT2D eigenvalue weighted by atomic mass is 35.5. The van der Waals surface area contributed by atoms with Crippen LogP contribution in [0.5, 0.6) is 5.75 Å². The zero-order chi connectivity index (χ0) is 27.5. The third-order valence-corrected chi connectivity index (χ3v) is 8.45. The second-order valence-corrected chi connectivity index (χ2v) is 11.0. The van der Waals surface area contributed by atoms with Crippen LogP contribution in [-0.2, 0) is 15.3 Å². The fourth-order valence-electron chi connectivity index (χ4n) is 4.13. The molecule has 7 nitrogen and oxygen atoms in total. The first-order valence-electron chi connectivity index (χ1n) is 11.9. The molecule has 5 rings (SSSR count). The highest BCUT2D eigenvalue weighted by Gasteiger charge is 2.48. The van der Waals surface area contributed by atoms with Gasteiger partial charge in [-0.3, -0.25) is 14.5 Å². The molecule has 1 unspecified atom stereocenters. The van der Waals surface area contributed by atoms with Crippen molar-refractivity contribution >= 4 is 57.3 Å². The molecule has 1 N–H and O–H groups in total. The second kappa shape index (κ2) is 11.6. The van der Waals surface area contributed by atoms with Crippen LogP contribution in [0.25, 0.3) is 5.76 Å². The van der Waals surface area contributed by atoms with Gasteiger partial charge in [0.25, 0.3) is 5.78 Å². The van der Waals surface area contributed by atoms with Gasteiger partial charge in [-0.25, -0.2) is 4.39 Å². The minimum absolute atomic E-state index is 0.128. The summed E-state index contributed by atoms with van der Waals surface area (Å²) in [5, 5.41) is 20.4. The Morgan fingerprint density at radius 2 is 1.79 bits per heavy atom. The Labute approximate surface area is 236 Å². The normalized spacial score (nSPS) is 16.6. The number of Topliss-reactive ketones (excluding diaryl/α,β-unsaturated/α-hetero) is 1. The summed E-state index contributed by atoms with van der Waals surface area (Å²) in [5.41, 5.74) is 1.56. The largest absolute Gasteiger partial charge is 0.507 e. The predicted molar refractivity (Wildman–Crippen MR) is 150 cm³/mol. The number of hydrogen-bond donors (Lipinski definition) is 1. The number of ether oxygens (including phenoxy) is 1. The Morgan fingerprint density at radius 3 is 2.49 bits per heavy atom. The average molecular weight is 582 g/mol. The molecule has 1 amide bonds. The molecule has 0 aliphatic carbocycles. The van der Waals surface area contributed by atoms with Crippen molar-refractivity contribution < 1.29 is 23.8 Å². The Bertz CT molecular complexity index is 1560. The van der Waals surface area contributed by atoms with Gasteiger partial charge >= 0.3 is 5.91 Å². The average Bonchev–Trinajstić information content (AvgIpc) is 3.51. The van der Waals surface area contributed by atoms with E-state index in [0.29, 0.717) is 38.6 Å². The topological polar surface area (TPSA) is 92.6 Å². The number of amides is 1. The van der Waals surface area contributed by atoms with E-state index in [9.17, 15) is 19.1 Å². The summed E-state index contributed by atoms with van der Waals surface area (Å²) in [5.74, 6) is -1.44. The van der Waals surface area contributed by atoms with E-state index in [0.717, 1.165) is 16.9 Å². The Balaban J connectivity index is 1.52. The first-order chi connectivity index (χ1) is 18.9. The van der Waals surface area contributed by atoms with Gasteiger partial charge in [0.2, 0.25) is 5.13 Å². The molecule has 2 heterocycles. The lowest BCUT2D eigenvalue weighted by Crippen LogP contribution is -2.29. The van der Waals surface area contributed by atoms with Crippen LogP contribution >= 0.6 is 34.7 Å². The van der Waals surface area contributed by atoms with Gasteiger partial charge in [-0.2, -0.15) is 0 Å². The fourth-order valence-corrected chi connectivity index (χ4v) is 6.29. The van der Waals surface area contributed by atoms with E-state index < -0.39 is 23.5 Å². The Morgan fingerprint density at radius 1 is 1.08 bits per heavy atom. The van der Waals surface area contributed by atoms with Gasteiger partial charge in [-0.05, 0) is 60.5 Å². The molecule has 1 atom stereocenters. The molecule has 0 bridgehead atoms. The lowest BCUT2D eigenvalue weighted by atomic mass is 9.95. The van der Waals surface area contributed by atoms with Crippen molar-refractivity contribution in [2.75, 3.05) is 11.5 Å². The number of nitrogens with zero attached hydrogens (tertiary/aromatic N) is 3. The molecule has 198 valence electrons. The molecule has 1 aliphatic heterocycles. The zero-order valence-electron chi connectivity index (χ0n) is 20.5. The van der Waals surface area contributed by atoms with Crippen molar-refractivity contribution in [1.29, 1.82) is 0 Å². The minimum Gasteiger partial charge on any atom is -0.507 e. The number of carbonyl (C=O) groups is 2. The summed E-state index contributed by atoms with van der Waals surface area (Å²) in [6, 6.07) is 18.3. The van der Waals surface area contributed by atoms with Crippen LogP contribution in [-0.4, -0.2) is 33.6 Å². The van der Waals surface area contributed by atoms with E-state index >= 15 is 0 Å². The number of thioether (sulfide) groups is 1. The quantitative estimate of drug-likeness (QED) is 0.0819. The molecule has 39 heavy (non-hydrogen) atoms. The molecule has 0 saturated carbocycles. The van der Waals surface area contributed by atoms with Crippen LogP contribution in [0.3, 0.4) is 0 Å². The number of hydrogen-bond acceptors (Lipinski definition) is 8. The summed E-state index contributed by atoms with van der Waals surface area (Å²) in [6.07, 6.45) is 0. The van der Waals surface area contributed by atoms with Crippen molar-refractivity contribution in [1.82, 2.24) is 10.2 Å². The Hall–Kier alpha value is -3.73. The van der Waals surface area contributed by atoms with E-state index in [1.165, 1.54) is 40.9 Å². The highest BCUT2D eigenvalue weighted by molar-refractivity contribution is 8.00. The van der Waals surface area contributed by atoms with Crippen molar-refractivity contribution in [2.45, 2.75) is 23.1 Å². The lowest BCUT2D eigenvalue weighted by molar-refractivity contribution is -0.132. The van der Waals surface area contributed by atoms with E-state index in [1.807, 2.05) is 25.1 Å². The number of benzene rings is 3. The van der Waals surface area contributed by atoms with Crippen LogP contribution in [0.15, 0.2) is 82.7 Å². The van der Waals surface area contributed by atoms with Gasteiger partial charge in [0.1, 0.15) is 17.3 Å². The van der Waals surface area contributed by atoms with Gasteiger partial charge in [-0.1, -0.05) is 65.0 Å². The smallest absolute Gasteiger partial charge is 0.301 e. The number of aromatic nitrogens is 2. The number of aliphatic hydroxyl groups excluding tert-OH is 1. The van der Waals surface area contributed by atoms with E-state index in [-0.39, 0.29) is 16.5 Å². The van der Waals surface area contributed by atoms with Gasteiger partial charge in [0.15, 0.2) is 4.34 Å². The first kappa shape index (κ1) is 26.9. The van der Waals surface area contributed by atoms with Crippen LogP contribution in [0.1, 0.15) is 29.7 Å². The second-order valence-electron chi connectivity index (χ2n) is 8.41. The predicted octanol–water partition coefficient (Wildman–Crippen LogP) is 6.65. The van der Waals surface area contributed by atoms with Gasteiger partial charge in [0.05, 0.1) is 18.2 Å². The number of ketones is 1. The number of carbonyl (C=O) groups excluding carboxylic acids is 2. The van der Waals surface area contributed by atoms with Gasteiger partial charge in [-0.15, -0.1) is 10.2 Å². The summed E-state index contributed by atoms with van der Waals surface area (Å²) >= 11 is 8.78. The van der Waals surface area contributed by atoms with E-state index in [4.69, 9.17) is 16.3 Å². The standard InChI is InChI=1S/C28H21ClFN3O4S2/c1-2-37-20-13-9-17(10-14-20)24(34)22-23(16-7-11-19(30)12-8-16)33(26(36)25(22)35)27-31-32-28(39-27)38-15-18-5-3-4-6-21(18)29/h3-14,23,34H,2,15H2,1H3/b24-22-. The number of halogens is 2. The third kappa shape index (κ3) is 5.54. The van der Waals surface area contributed by atoms with Crippen LogP contribution in [0.4, 0.5) is 9.52 Å². The molecular weight excluding hydrogens is 561 g/mol. The molecule has 1 aliphatic rings. The highest BCUT2D eigenvalue weighted by Crippen LogP contribution is 2.44. The minimum atomic E-state index is -1.04. The van der Waals surface area contributed by atoms with Crippen molar-refractivity contribution in [3.05, 3.63) is 106 Å². The number of aliphatic hydroxyl groups is 1. The molecule has 3 aromatic carbocycles. The maximum absolute atomic E-state index is 13.8. The third-order valence-electron chi connectivity index (χ3n) is 5.98. The maximum atomic E-state index is 13.8. The van der Waals surface area contributed by atoms with E-state index in [1.54, 1.807) is 30.3 Å². The molecule has 1 fully saturated rings. The molecule has 1 saturated heterocycles. The zero-order valence-corrected chi connectivity index (χ0v) is 22.9. The van der Waals surface area contributed by atoms with Gasteiger partial charge < -0.3 is 9.84 Å². The molecule has 0 spiro atoms. The van der Waals surface area contributed by atoms with E-state index in [2.05, 4.69) is 10.2 Å². The molecular formula is C28H21ClFN3O4S2. The van der Waals surface area contributed by atoms with Crippen LogP contribution < -0.4 is 9.64 Å². The van der Waals surface area contributed by atoms with Crippen molar-refractivity contribution in [3.8, 4) is 5.75 Å². The first-order valence-corrected chi connectivity index (χ1v) is 14.0. The van der Waals surface area contributed by atoms with Crippen molar-refractivity contribution in [3.63, 3.8) is 0 Å². The Kier molecular flexibility index (Phi) is 7.97. The lowest BCUT2D eigenvalue weighted by Gasteiger charge is -2.22. The SMILES string of the molecule is CCOc1ccc(/C(O)=C2/C(=O)C(=O)N(c3nnc(SCc4ccccc4Cl)s3)C2c2ccc(F)cc2)cc1. The summed E-state index contributed by atoms with van der Waals surface area (Å²) in [6.45, 7) is 2.33. The molecule has 4 aromatic rings. The number of anilines is 1. The monoisotopic (exact) mass is 581 g/mol. The van der Waals surface area contributed by atoms with Crippen LogP contribution in [0.2, 0.25) is 5.02 Å².